The molecule has 0 saturated heterocycles. The van der Waals surface area contributed by atoms with Crippen LogP contribution in [0.5, 0.6) is 5.75 Å². The van der Waals surface area contributed by atoms with Crippen LogP contribution in [-0.2, 0) is 0 Å². The molecule has 0 aliphatic heterocycles. The quantitative estimate of drug-likeness (QED) is 0.516. The molecule has 2 aromatic heterocycles. The fourth-order valence-electron chi connectivity index (χ4n) is 2.98. The van der Waals surface area contributed by atoms with Gasteiger partial charge in [0.05, 0.1) is 29.1 Å². The Kier molecular flexibility index (Phi) is 4.01. The van der Waals surface area contributed by atoms with E-state index >= 15 is 0 Å². The van der Waals surface area contributed by atoms with Crippen molar-refractivity contribution >= 4 is 16.9 Å². The zero-order chi connectivity index (χ0) is 18.1. The van der Waals surface area contributed by atoms with Crippen LogP contribution in [0.25, 0.3) is 22.3 Å². The molecule has 0 aliphatic rings. The summed E-state index contributed by atoms with van der Waals surface area (Å²) in [4.78, 5) is 16.4. The number of hydrogen-bond donors (Lipinski definition) is 3. The number of aryl methyl sites for hydroxylation is 1. The minimum Gasteiger partial charge on any atom is -0.508 e. The highest BCUT2D eigenvalue weighted by Gasteiger charge is 2.10. The molecule has 0 radical (unpaired) electrons. The molecule has 0 spiro atoms. The van der Waals surface area contributed by atoms with Gasteiger partial charge in [-0.25, -0.2) is 15.0 Å². The molecule has 26 heavy (non-hydrogen) atoms. The van der Waals surface area contributed by atoms with Crippen LogP contribution >= 0.6 is 0 Å². The lowest BCUT2D eigenvalue weighted by Gasteiger charge is -2.16. The number of benzene rings is 2. The molecular weight excluding hydrogens is 326 g/mol. The lowest BCUT2D eigenvalue weighted by molar-refractivity contribution is 0.474. The number of rotatable bonds is 4. The lowest BCUT2D eigenvalue weighted by Crippen LogP contribution is -2.09. The molecular formula is C20H19N5O. The zero-order valence-electron chi connectivity index (χ0n) is 14.6. The first-order chi connectivity index (χ1) is 12.6. The summed E-state index contributed by atoms with van der Waals surface area (Å²) in [6, 6.07) is 15.2. The number of H-pyrrole nitrogens is 1. The Morgan fingerprint density at radius 2 is 1.96 bits per heavy atom. The van der Waals surface area contributed by atoms with Crippen molar-refractivity contribution in [3.05, 3.63) is 66.2 Å². The molecule has 130 valence electrons. The number of nitrogens with zero attached hydrogens (tertiary/aromatic N) is 3. The molecule has 4 rings (SSSR count). The average Bonchev–Trinajstić information content (AvgIpc) is 3.09. The molecule has 2 aromatic carbocycles. The van der Waals surface area contributed by atoms with Crippen LogP contribution < -0.4 is 5.32 Å². The summed E-state index contributed by atoms with van der Waals surface area (Å²) >= 11 is 0. The number of aromatic hydroxyl groups is 1. The van der Waals surface area contributed by atoms with Crippen LogP contribution in [0, 0.1) is 6.92 Å². The van der Waals surface area contributed by atoms with Crippen LogP contribution in [0.2, 0.25) is 0 Å². The smallest absolute Gasteiger partial charge is 0.130 e. The van der Waals surface area contributed by atoms with Crippen molar-refractivity contribution in [2.24, 2.45) is 0 Å². The zero-order valence-corrected chi connectivity index (χ0v) is 14.6. The average molecular weight is 345 g/mol. The van der Waals surface area contributed by atoms with Gasteiger partial charge in [-0.1, -0.05) is 18.2 Å². The van der Waals surface area contributed by atoms with Crippen molar-refractivity contribution in [3.63, 3.8) is 0 Å². The predicted octanol–water partition coefficient (Wildman–Crippen LogP) is 4.21. The summed E-state index contributed by atoms with van der Waals surface area (Å²) in [5, 5.41) is 13.1. The summed E-state index contributed by atoms with van der Waals surface area (Å²) in [5.41, 5.74) is 4.73. The molecule has 0 bridgehead atoms. The van der Waals surface area contributed by atoms with E-state index in [1.807, 2.05) is 50.2 Å². The maximum absolute atomic E-state index is 9.67. The van der Waals surface area contributed by atoms with E-state index in [-0.39, 0.29) is 11.8 Å². The SMILES string of the molecule is Cc1nc(N[C@H](C)c2cccc(O)c2)cc(-c2ccc3nc[nH]c3c2)n1. The van der Waals surface area contributed by atoms with Crippen molar-refractivity contribution in [1.29, 1.82) is 0 Å². The molecule has 0 fully saturated rings. The topological polar surface area (TPSA) is 86.7 Å². The van der Waals surface area contributed by atoms with Crippen LogP contribution in [0.4, 0.5) is 5.82 Å². The molecule has 0 amide bonds. The second-order valence-electron chi connectivity index (χ2n) is 6.28. The van der Waals surface area contributed by atoms with E-state index in [9.17, 15) is 5.11 Å². The normalized spacial score (nSPS) is 12.2. The Balaban J connectivity index is 1.65. The first-order valence-corrected chi connectivity index (χ1v) is 8.43. The van der Waals surface area contributed by atoms with E-state index in [1.165, 1.54) is 0 Å². The summed E-state index contributed by atoms with van der Waals surface area (Å²) in [5.74, 6) is 1.69. The number of nitrogens with one attached hydrogen (secondary N) is 2. The van der Waals surface area contributed by atoms with Crippen molar-refractivity contribution in [2.75, 3.05) is 5.32 Å². The molecule has 6 nitrogen and oxygen atoms in total. The fraction of sp³-hybridized carbons (Fsp3) is 0.150. The van der Waals surface area contributed by atoms with E-state index in [0.29, 0.717) is 5.82 Å². The monoisotopic (exact) mass is 345 g/mol. The number of hydrogen-bond acceptors (Lipinski definition) is 5. The third kappa shape index (κ3) is 3.21. The largest absolute Gasteiger partial charge is 0.508 e. The van der Waals surface area contributed by atoms with Gasteiger partial charge in [-0.15, -0.1) is 0 Å². The summed E-state index contributed by atoms with van der Waals surface area (Å²) in [6.45, 7) is 3.91. The molecule has 6 heteroatoms. The Labute approximate surface area is 151 Å². The second kappa shape index (κ2) is 6.48. The second-order valence-corrected chi connectivity index (χ2v) is 6.28. The Hall–Kier alpha value is -3.41. The predicted molar refractivity (Wildman–Crippen MR) is 102 cm³/mol. The first kappa shape index (κ1) is 16.1. The molecule has 2 heterocycles. The molecule has 1 atom stereocenters. The molecule has 0 aliphatic carbocycles. The van der Waals surface area contributed by atoms with E-state index < -0.39 is 0 Å². The van der Waals surface area contributed by atoms with Crippen LogP contribution in [0.1, 0.15) is 24.4 Å². The van der Waals surface area contributed by atoms with Gasteiger partial charge in [0, 0.05) is 11.6 Å². The van der Waals surface area contributed by atoms with Gasteiger partial charge >= 0.3 is 0 Å². The van der Waals surface area contributed by atoms with Crippen LogP contribution in [0.3, 0.4) is 0 Å². The van der Waals surface area contributed by atoms with Crippen LogP contribution in [-0.4, -0.2) is 25.0 Å². The number of aromatic amines is 1. The third-order valence-electron chi connectivity index (χ3n) is 4.29. The van der Waals surface area contributed by atoms with Gasteiger partial charge in [-0.05, 0) is 43.7 Å². The summed E-state index contributed by atoms with van der Waals surface area (Å²) < 4.78 is 0. The molecule has 3 N–H and O–H groups in total. The number of phenolic OH excluding ortho intramolecular Hbond substituents is 1. The lowest BCUT2D eigenvalue weighted by atomic mass is 10.1. The summed E-state index contributed by atoms with van der Waals surface area (Å²) in [6.07, 6.45) is 1.68. The van der Waals surface area contributed by atoms with Gasteiger partial charge in [-0.3, -0.25) is 0 Å². The third-order valence-corrected chi connectivity index (χ3v) is 4.29. The number of imidazole rings is 1. The highest BCUT2D eigenvalue weighted by Crippen LogP contribution is 2.26. The molecule has 0 unspecified atom stereocenters. The minimum atomic E-state index is -0.000614. The van der Waals surface area contributed by atoms with Crippen molar-refractivity contribution in [1.82, 2.24) is 19.9 Å². The van der Waals surface area contributed by atoms with Crippen molar-refractivity contribution in [3.8, 4) is 17.0 Å². The maximum atomic E-state index is 9.67. The first-order valence-electron chi connectivity index (χ1n) is 8.43. The van der Waals surface area contributed by atoms with Gasteiger partial charge in [-0.2, -0.15) is 0 Å². The molecule has 0 saturated carbocycles. The van der Waals surface area contributed by atoms with Gasteiger partial charge in [0.1, 0.15) is 17.4 Å². The Morgan fingerprint density at radius 3 is 2.81 bits per heavy atom. The standard InChI is InChI=1S/C20H19N5O/c1-12(14-4-3-5-16(26)8-14)23-20-10-18(24-13(2)25-20)15-6-7-17-19(9-15)22-11-21-17/h3-12,26H,1-2H3,(H,21,22)(H,23,24,25)/t12-/m1/s1. The highest BCUT2D eigenvalue weighted by atomic mass is 16.3. The fourth-order valence-corrected chi connectivity index (χ4v) is 2.98. The van der Waals surface area contributed by atoms with Crippen LogP contribution in [0.15, 0.2) is 54.9 Å². The van der Waals surface area contributed by atoms with Crippen molar-refractivity contribution in [2.45, 2.75) is 19.9 Å². The maximum Gasteiger partial charge on any atom is 0.130 e. The van der Waals surface area contributed by atoms with E-state index in [0.717, 1.165) is 33.7 Å². The van der Waals surface area contributed by atoms with Crippen molar-refractivity contribution < 1.29 is 5.11 Å². The summed E-state index contributed by atoms with van der Waals surface area (Å²) in [7, 11) is 0. The number of anilines is 1. The number of fused-ring (bicyclic) bond motifs is 1. The van der Waals surface area contributed by atoms with Gasteiger partial charge in [0.15, 0.2) is 0 Å². The minimum absolute atomic E-state index is 0.000614. The highest BCUT2D eigenvalue weighted by molar-refractivity contribution is 5.81. The van der Waals surface area contributed by atoms with E-state index in [4.69, 9.17) is 0 Å². The number of aromatic nitrogens is 4. The van der Waals surface area contributed by atoms with Gasteiger partial charge in [0.2, 0.25) is 0 Å². The Bertz CT molecular complexity index is 1070. The van der Waals surface area contributed by atoms with Gasteiger partial charge < -0.3 is 15.4 Å². The van der Waals surface area contributed by atoms with E-state index in [2.05, 4.69) is 25.3 Å². The Morgan fingerprint density at radius 1 is 1.08 bits per heavy atom. The van der Waals surface area contributed by atoms with E-state index in [1.54, 1.807) is 18.5 Å². The number of phenols is 1. The molecule has 4 aromatic rings. The van der Waals surface area contributed by atoms with Gasteiger partial charge in [0.25, 0.3) is 0 Å².